The quantitative estimate of drug-likeness (QED) is 0.825. The van der Waals surface area contributed by atoms with Crippen LogP contribution in [0, 0.1) is 5.92 Å². The third-order valence-corrected chi connectivity index (χ3v) is 6.03. The Morgan fingerprint density at radius 2 is 1.93 bits per heavy atom. The lowest BCUT2D eigenvalue weighted by Gasteiger charge is -2.20. The summed E-state index contributed by atoms with van der Waals surface area (Å²) >= 11 is 0. The number of ether oxygens (including phenoxy) is 1. The van der Waals surface area contributed by atoms with Crippen molar-refractivity contribution in [3.8, 4) is 5.75 Å². The summed E-state index contributed by atoms with van der Waals surface area (Å²) in [5, 5.41) is 9.74. The van der Waals surface area contributed by atoms with E-state index in [4.69, 9.17) is 4.74 Å². The number of H-pyrrole nitrogens is 1. The second-order valence-electron chi connectivity index (χ2n) is 7.73. The number of aromatic amines is 1. The zero-order chi connectivity index (χ0) is 20.5. The molecule has 0 radical (unpaired) electrons. The molecule has 1 aliphatic carbocycles. The summed E-state index contributed by atoms with van der Waals surface area (Å²) in [6, 6.07) is 8.96. The van der Waals surface area contributed by atoms with Crippen LogP contribution in [-0.2, 0) is 17.6 Å². The smallest absolute Gasteiger partial charge is 0.308 e. The summed E-state index contributed by atoms with van der Waals surface area (Å²) in [6.45, 7) is 0.292. The van der Waals surface area contributed by atoms with Gasteiger partial charge in [0.2, 0.25) is 0 Å². The number of methoxy groups -OCH3 is 1. The lowest BCUT2D eigenvalue weighted by atomic mass is 9.88. The van der Waals surface area contributed by atoms with Crippen LogP contribution < -0.4 is 10.3 Å². The van der Waals surface area contributed by atoms with Gasteiger partial charge in [-0.05, 0) is 48.9 Å². The number of amides is 1. The molecule has 7 nitrogen and oxygen atoms in total. The molecule has 152 valence electrons. The molecule has 2 aliphatic rings. The Morgan fingerprint density at radius 3 is 2.69 bits per heavy atom. The predicted octanol–water partition coefficient (Wildman–Crippen LogP) is 2.20. The van der Waals surface area contributed by atoms with Gasteiger partial charge < -0.3 is 19.7 Å². The number of carbonyl (C=O) groups excluding carboxylic acids is 1. The molecular formula is C22H24N2O5. The molecule has 2 N–H and O–H groups in total. The van der Waals surface area contributed by atoms with Crippen LogP contribution in [0.15, 0.2) is 35.1 Å². The number of aliphatic carboxylic acids is 1. The summed E-state index contributed by atoms with van der Waals surface area (Å²) < 4.78 is 5.40. The van der Waals surface area contributed by atoms with E-state index >= 15 is 0 Å². The van der Waals surface area contributed by atoms with E-state index in [9.17, 15) is 19.5 Å². The van der Waals surface area contributed by atoms with Crippen molar-refractivity contribution in [2.24, 2.45) is 5.92 Å². The van der Waals surface area contributed by atoms with Crippen LogP contribution in [0.4, 0.5) is 0 Å². The van der Waals surface area contributed by atoms with Crippen LogP contribution in [0.5, 0.6) is 5.75 Å². The van der Waals surface area contributed by atoms with Gasteiger partial charge in [-0.15, -0.1) is 0 Å². The molecule has 1 fully saturated rings. The first kappa shape index (κ1) is 19.2. The van der Waals surface area contributed by atoms with Gasteiger partial charge >= 0.3 is 5.97 Å². The third-order valence-electron chi connectivity index (χ3n) is 6.03. The van der Waals surface area contributed by atoms with E-state index in [1.54, 1.807) is 19.2 Å². The first-order valence-corrected chi connectivity index (χ1v) is 9.89. The van der Waals surface area contributed by atoms with E-state index < -0.39 is 29.3 Å². The van der Waals surface area contributed by atoms with Gasteiger partial charge in [0.1, 0.15) is 11.3 Å². The van der Waals surface area contributed by atoms with E-state index in [0.29, 0.717) is 5.75 Å². The monoisotopic (exact) mass is 396 g/mol. The number of pyridine rings is 1. The highest BCUT2D eigenvalue weighted by molar-refractivity contribution is 5.95. The molecule has 0 saturated carbocycles. The van der Waals surface area contributed by atoms with Crippen molar-refractivity contribution in [1.29, 1.82) is 0 Å². The van der Waals surface area contributed by atoms with Crippen LogP contribution in [-0.4, -0.2) is 47.1 Å². The molecule has 7 heteroatoms. The standard InChI is InChI=1S/C22H24N2O5/c1-29-19-9-5-3-7-14(19)16-11-24(12-17(16)22(27)28)21(26)15-10-13-6-2-4-8-18(13)23-20(15)25/h3,5,7,9-10,16-17H,2,4,6,8,11-12H2,1H3,(H,23,25)(H,27,28)/t16-,17+/m0/s1. The summed E-state index contributed by atoms with van der Waals surface area (Å²) in [6.07, 6.45) is 3.73. The second kappa shape index (κ2) is 7.73. The van der Waals surface area contributed by atoms with Crippen molar-refractivity contribution in [1.82, 2.24) is 9.88 Å². The van der Waals surface area contributed by atoms with E-state index in [0.717, 1.165) is 42.5 Å². The van der Waals surface area contributed by atoms with Crippen LogP contribution in [0.25, 0.3) is 0 Å². The lowest BCUT2D eigenvalue weighted by Crippen LogP contribution is -2.34. The SMILES string of the molecule is COc1ccccc1[C@@H]1CN(C(=O)c2cc3c([nH]c2=O)CCCC3)C[C@H]1C(=O)O. The number of fused-ring (bicyclic) bond motifs is 1. The van der Waals surface area contributed by atoms with Crippen molar-refractivity contribution >= 4 is 11.9 Å². The normalized spacial score (nSPS) is 20.9. The van der Waals surface area contributed by atoms with Gasteiger partial charge in [-0.25, -0.2) is 0 Å². The Hall–Kier alpha value is -3.09. The van der Waals surface area contributed by atoms with Gasteiger partial charge in [0, 0.05) is 24.7 Å². The number of hydrogen-bond acceptors (Lipinski definition) is 4. The Kier molecular flexibility index (Phi) is 5.13. The van der Waals surface area contributed by atoms with Crippen molar-refractivity contribution in [3.63, 3.8) is 0 Å². The number of nitrogens with zero attached hydrogens (tertiary/aromatic N) is 1. The summed E-state index contributed by atoms with van der Waals surface area (Å²) in [7, 11) is 1.54. The van der Waals surface area contributed by atoms with Crippen molar-refractivity contribution in [3.05, 3.63) is 63.1 Å². The highest BCUT2D eigenvalue weighted by Crippen LogP contribution is 2.38. The fourth-order valence-corrected chi connectivity index (χ4v) is 4.51. The van der Waals surface area contributed by atoms with Crippen LogP contribution in [0.3, 0.4) is 0 Å². The van der Waals surface area contributed by atoms with E-state index in [2.05, 4.69) is 4.98 Å². The molecule has 1 amide bonds. The molecular weight excluding hydrogens is 372 g/mol. The van der Waals surface area contributed by atoms with Crippen molar-refractivity contribution in [2.45, 2.75) is 31.6 Å². The second-order valence-corrected chi connectivity index (χ2v) is 7.73. The first-order valence-electron chi connectivity index (χ1n) is 9.89. The summed E-state index contributed by atoms with van der Waals surface area (Å²) in [4.78, 5) is 41.9. The number of nitrogens with one attached hydrogen (secondary N) is 1. The molecule has 0 unspecified atom stereocenters. The highest BCUT2D eigenvalue weighted by atomic mass is 16.5. The van der Waals surface area contributed by atoms with Crippen molar-refractivity contribution in [2.75, 3.05) is 20.2 Å². The number of carboxylic acid groups (broad SMARTS) is 1. The molecule has 0 bridgehead atoms. The van der Waals surface area contributed by atoms with Crippen LogP contribution >= 0.6 is 0 Å². The molecule has 2 atom stereocenters. The van der Waals surface area contributed by atoms with Gasteiger partial charge in [-0.1, -0.05) is 18.2 Å². The number of aryl methyl sites for hydroxylation is 2. The van der Waals surface area contributed by atoms with Crippen LogP contribution in [0.2, 0.25) is 0 Å². The van der Waals surface area contributed by atoms with E-state index in [1.165, 1.54) is 4.90 Å². The maximum Gasteiger partial charge on any atom is 0.308 e. The minimum absolute atomic E-state index is 0.0629. The minimum Gasteiger partial charge on any atom is -0.496 e. The number of para-hydroxylation sites is 1. The minimum atomic E-state index is -0.962. The number of carboxylic acids is 1. The van der Waals surface area contributed by atoms with Crippen molar-refractivity contribution < 1.29 is 19.4 Å². The van der Waals surface area contributed by atoms with Gasteiger partial charge in [0.05, 0.1) is 13.0 Å². The number of rotatable bonds is 4. The van der Waals surface area contributed by atoms with Crippen LogP contribution in [0.1, 0.15) is 45.9 Å². The average Bonchev–Trinajstić information content (AvgIpc) is 3.18. The number of hydrogen-bond donors (Lipinski definition) is 2. The fraction of sp³-hybridized carbons (Fsp3) is 0.409. The van der Waals surface area contributed by atoms with Gasteiger partial charge in [-0.2, -0.15) is 0 Å². The maximum atomic E-state index is 13.1. The molecule has 29 heavy (non-hydrogen) atoms. The van der Waals surface area contributed by atoms with E-state index in [1.807, 2.05) is 18.2 Å². The maximum absolute atomic E-state index is 13.1. The zero-order valence-electron chi connectivity index (χ0n) is 16.3. The first-order chi connectivity index (χ1) is 14.0. The largest absolute Gasteiger partial charge is 0.496 e. The predicted molar refractivity (Wildman–Crippen MR) is 106 cm³/mol. The Labute approximate surface area is 168 Å². The Morgan fingerprint density at radius 1 is 1.17 bits per heavy atom. The average molecular weight is 396 g/mol. The molecule has 1 aliphatic heterocycles. The number of benzene rings is 1. The number of likely N-dealkylation sites (tertiary alicyclic amines) is 1. The third kappa shape index (κ3) is 3.52. The molecule has 0 spiro atoms. The lowest BCUT2D eigenvalue weighted by molar-refractivity contribution is -0.141. The van der Waals surface area contributed by atoms with Gasteiger partial charge in [-0.3, -0.25) is 14.4 Å². The Bertz CT molecular complexity index is 1010. The topological polar surface area (TPSA) is 99.7 Å². The molecule has 1 aromatic carbocycles. The highest BCUT2D eigenvalue weighted by Gasteiger charge is 2.42. The molecule has 2 heterocycles. The number of aromatic nitrogens is 1. The van der Waals surface area contributed by atoms with E-state index in [-0.39, 0.29) is 18.7 Å². The Balaban J connectivity index is 1.65. The zero-order valence-corrected chi connectivity index (χ0v) is 16.3. The molecule has 4 rings (SSSR count). The summed E-state index contributed by atoms with van der Waals surface area (Å²) in [5.74, 6) is -1.93. The fourth-order valence-electron chi connectivity index (χ4n) is 4.51. The molecule has 2 aromatic rings. The van der Waals surface area contributed by atoms with Gasteiger partial charge in [0.25, 0.3) is 11.5 Å². The van der Waals surface area contributed by atoms with Gasteiger partial charge in [0.15, 0.2) is 0 Å². The molecule has 1 saturated heterocycles. The summed E-state index contributed by atoms with van der Waals surface area (Å²) in [5.41, 5.74) is 2.37. The molecule has 1 aromatic heterocycles. The number of carbonyl (C=O) groups is 2.